The zero-order valence-corrected chi connectivity index (χ0v) is 11.3. The molecule has 0 bridgehead atoms. The first-order valence-electron chi connectivity index (χ1n) is 6.99. The van der Waals surface area contributed by atoms with Gasteiger partial charge in [0.05, 0.1) is 12.2 Å². The van der Waals surface area contributed by atoms with Gasteiger partial charge >= 0.3 is 6.09 Å². The van der Waals surface area contributed by atoms with Crippen LogP contribution in [-0.4, -0.2) is 46.5 Å². The molecule has 3 rings (SSSR count). The number of hydrogen-bond acceptors (Lipinski definition) is 3. The number of rotatable bonds is 1. The molecular weight excluding hydrogens is 258 g/mol. The third-order valence-electron chi connectivity index (χ3n) is 4.52. The van der Waals surface area contributed by atoms with Crippen LogP contribution in [0.2, 0.25) is 0 Å². The molecule has 108 valence electrons. The Morgan fingerprint density at radius 1 is 1.25 bits per heavy atom. The molecule has 0 saturated carbocycles. The summed E-state index contributed by atoms with van der Waals surface area (Å²) in [6.45, 7) is 1.78. The van der Waals surface area contributed by atoms with Crippen molar-refractivity contribution in [2.24, 2.45) is 0 Å². The fraction of sp³-hybridized carbons (Fsp3) is 0.533. The first-order chi connectivity index (χ1) is 9.58. The van der Waals surface area contributed by atoms with Gasteiger partial charge in [-0.15, -0.1) is 0 Å². The van der Waals surface area contributed by atoms with E-state index in [0.717, 1.165) is 19.3 Å². The van der Waals surface area contributed by atoms with Crippen LogP contribution in [0.5, 0.6) is 5.75 Å². The SMILES string of the molecule is O=C(O)N1CCC2(CC1)CC(c1ccc(O)cc1)CO2. The van der Waals surface area contributed by atoms with E-state index in [9.17, 15) is 9.90 Å². The Morgan fingerprint density at radius 3 is 2.50 bits per heavy atom. The highest BCUT2D eigenvalue weighted by molar-refractivity contribution is 5.65. The summed E-state index contributed by atoms with van der Waals surface area (Å²) in [5.41, 5.74) is 1.02. The molecule has 5 nitrogen and oxygen atoms in total. The van der Waals surface area contributed by atoms with Crippen molar-refractivity contribution in [3.8, 4) is 5.75 Å². The lowest BCUT2D eigenvalue weighted by Crippen LogP contribution is -2.45. The van der Waals surface area contributed by atoms with Gasteiger partial charge in [0.15, 0.2) is 0 Å². The zero-order chi connectivity index (χ0) is 14.2. The molecule has 20 heavy (non-hydrogen) atoms. The number of amides is 1. The molecule has 2 aliphatic heterocycles. The van der Waals surface area contributed by atoms with Gasteiger partial charge in [-0.1, -0.05) is 12.1 Å². The summed E-state index contributed by atoms with van der Waals surface area (Å²) in [4.78, 5) is 12.4. The molecule has 2 saturated heterocycles. The van der Waals surface area contributed by atoms with Gasteiger partial charge in [-0.2, -0.15) is 0 Å². The molecule has 1 amide bonds. The maximum Gasteiger partial charge on any atom is 0.407 e. The Hall–Kier alpha value is -1.75. The molecule has 1 spiro atoms. The average molecular weight is 277 g/mol. The summed E-state index contributed by atoms with van der Waals surface area (Å²) in [5.74, 6) is 0.615. The molecule has 1 atom stereocenters. The molecule has 2 heterocycles. The lowest BCUT2D eigenvalue weighted by atomic mass is 9.83. The van der Waals surface area contributed by atoms with E-state index in [0.29, 0.717) is 25.6 Å². The van der Waals surface area contributed by atoms with E-state index in [4.69, 9.17) is 9.84 Å². The Labute approximate surface area is 117 Å². The van der Waals surface area contributed by atoms with E-state index in [1.165, 1.54) is 10.5 Å². The summed E-state index contributed by atoms with van der Waals surface area (Å²) >= 11 is 0. The number of carboxylic acid groups (broad SMARTS) is 1. The van der Waals surface area contributed by atoms with Gasteiger partial charge in [-0.3, -0.25) is 0 Å². The highest BCUT2D eigenvalue weighted by Gasteiger charge is 2.43. The molecule has 0 aromatic heterocycles. The first-order valence-corrected chi connectivity index (χ1v) is 6.99. The smallest absolute Gasteiger partial charge is 0.407 e. The molecule has 2 fully saturated rings. The molecular formula is C15H19NO4. The summed E-state index contributed by atoms with van der Waals surface area (Å²) < 4.78 is 6.02. The highest BCUT2D eigenvalue weighted by atomic mass is 16.5. The van der Waals surface area contributed by atoms with E-state index in [1.807, 2.05) is 12.1 Å². The monoisotopic (exact) mass is 277 g/mol. The van der Waals surface area contributed by atoms with Crippen molar-refractivity contribution in [2.45, 2.75) is 30.8 Å². The molecule has 2 aliphatic rings. The molecule has 0 aliphatic carbocycles. The number of phenols is 1. The van der Waals surface area contributed by atoms with Crippen LogP contribution in [0.15, 0.2) is 24.3 Å². The van der Waals surface area contributed by atoms with Crippen LogP contribution in [0, 0.1) is 0 Å². The van der Waals surface area contributed by atoms with Gasteiger partial charge in [0, 0.05) is 19.0 Å². The van der Waals surface area contributed by atoms with E-state index < -0.39 is 6.09 Å². The molecule has 1 aromatic rings. The van der Waals surface area contributed by atoms with Crippen LogP contribution in [-0.2, 0) is 4.74 Å². The van der Waals surface area contributed by atoms with Gasteiger partial charge in [-0.25, -0.2) is 4.79 Å². The fourth-order valence-electron chi connectivity index (χ4n) is 3.26. The van der Waals surface area contributed by atoms with Crippen LogP contribution in [0.3, 0.4) is 0 Å². The van der Waals surface area contributed by atoms with Crippen molar-refractivity contribution >= 4 is 6.09 Å². The summed E-state index contributed by atoms with van der Waals surface area (Å²) in [7, 11) is 0. The second-order valence-corrected chi connectivity index (χ2v) is 5.76. The van der Waals surface area contributed by atoms with Crippen molar-refractivity contribution < 1.29 is 19.7 Å². The normalized spacial score (nSPS) is 25.0. The third kappa shape index (κ3) is 2.45. The lowest BCUT2D eigenvalue weighted by molar-refractivity contribution is -0.0394. The minimum absolute atomic E-state index is 0.158. The number of nitrogens with zero attached hydrogens (tertiary/aromatic N) is 1. The predicted octanol–water partition coefficient (Wildman–Crippen LogP) is 2.41. The third-order valence-corrected chi connectivity index (χ3v) is 4.52. The maximum atomic E-state index is 10.9. The van der Waals surface area contributed by atoms with Crippen LogP contribution >= 0.6 is 0 Å². The number of likely N-dealkylation sites (tertiary alicyclic amines) is 1. The summed E-state index contributed by atoms with van der Waals surface area (Å²) in [6, 6.07) is 7.28. The lowest BCUT2D eigenvalue weighted by Gasteiger charge is -2.37. The first kappa shape index (κ1) is 13.2. The van der Waals surface area contributed by atoms with Crippen LogP contribution < -0.4 is 0 Å². The zero-order valence-electron chi connectivity index (χ0n) is 11.3. The maximum absolute atomic E-state index is 10.9. The number of carbonyl (C=O) groups is 1. The van der Waals surface area contributed by atoms with Gasteiger partial charge in [0.1, 0.15) is 5.75 Å². The van der Waals surface area contributed by atoms with Gasteiger partial charge in [-0.05, 0) is 37.0 Å². The Morgan fingerprint density at radius 2 is 1.90 bits per heavy atom. The molecule has 2 N–H and O–H groups in total. The number of hydrogen-bond donors (Lipinski definition) is 2. The van der Waals surface area contributed by atoms with E-state index in [-0.39, 0.29) is 11.4 Å². The minimum Gasteiger partial charge on any atom is -0.508 e. The Kier molecular flexibility index (Phi) is 3.30. The number of piperidine rings is 1. The minimum atomic E-state index is -0.840. The summed E-state index contributed by atoms with van der Waals surface area (Å²) in [6.07, 6.45) is 1.64. The summed E-state index contributed by atoms with van der Waals surface area (Å²) in [5, 5.41) is 18.3. The molecule has 5 heteroatoms. The Bertz CT molecular complexity index is 491. The van der Waals surface area contributed by atoms with E-state index >= 15 is 0 Å². The van der Waals surface area contributed by atoms with Crippen LogP contribution in [0.4, 0.5) is 4.79 Å². The largest absolute Gasteiger partial charge is 0.508 e. The topological polar surface area (TPSA) is 70.0 Å². The van der Waals surface area contributed by atoms with E-state index in [2.05, 4.69) is 0 Å². The van der Waals surface area contributed by atoms with Crippen molar-refractivity contribution in [2.75, 3.05) is 19.7 Å². The number of benzene rings is 1. The van der Waals surface area contributed by atoms with E-state index in [1.54, 1.807) is 12.1 Å². The fourth-order valence-corrected chi connectivity index (χ4v) is 3.26. The number of phenolic OH excluding ortho intramolecular Hbond substituents is 1. The van der Waals surface area contributed by atoms with Gasteiger partial charge in [0.2, 0.25) is 0 Å². The van der Waals surface area contributed by atoms with Crippen molar-refractivity contribution in [3.05, 3.63) is 29.8 Å². The second-order valence-electron chi connectivity index (χ2n) is 5.76. The number of ether oxygens (including phenoxy) is 1. The standard InChI is InChI=1S/C15H19NO4/c17-13-3-1-11(2-4-13)12-9-15(20-10-12)5-7-16(8-6-15)14(18)19/h1-4,12,17H,5-10H2,(H,18,19). The second kappa shape index (κ2) is 4.98. The van der Waals surface area contributed by atoms with Gasteiger partial charge < -0.3 is 19.8 Å². The predicted molar refractivity (Wildman–Crippen MR) is 73.0 cm³/mol. The van der Waals surface area contributed by atoms with Gasteiger partial charge in [0.25, 0.3) is 0 Å². The Balaban J connectivity index is 1.65. The highest BCUT2D eigenvalue weighted by Crippen LogP contribution is 2.42. The van der Waals surface area contributed by atoms with Crippen LogP contribution in [0.1, 0.15) is 30.7 Å². The average Bonchev–Trinajstić information content (AvgIpc) is 2.84. The molecule has 1 aromatic carbocycles. The van der Waals surface area contributed by atoms with Crippen LogP contribution in [0.25, 0.3) is 0 Å². The van der Waals surface area contributed by atoms with Crippen molar-refractivity contribution in [1.82, 2.24) is 4.90 Å². The van der Waals surface area contributed by atoms with Crippen molar-refractivity contribution in [3.63, 3.8) is 0 Å². The number of aromatic hydroxyl groups is 1. The molecule has 0 radical (unpaired) electrons. The van der Waals surface area contributed by atoms with Crippen molar-refractivity contribution in [1.29, 1.82) is 0 Å². The molecule has 1 unspecified atom stereocenters. The quantitative estimate of drug-likeness (QED) is 0.827.